The third kappa shape index (κ3) is 3.87. The first-order valence-corrected chi connectivity index (χ1v) is 9.47. The van der Waals surface area contributed by atoms with E-state index in [9.17, 15) is 13.2 Å². The van der Waals surface area contributed by atoms with Crippen LogP contribution in [0.25, 0.3) is 0 Å². The molecule has 0 spiro atoms. The van der Waals surface area contributed by atoms with Gasteiger partial charge in [-0.05, 0) is 30.4 Å². The molecule has 5 nitrogen and oxygen atoms in total. The normalized spacial score (nSPS) is 19.3. The predicted molar refractivity (Wildman–Crippen MR) is 86.9 cm³/mol. The van der Waals surface area contributed by atoms with Crippen LogP contribution in [-0.4, -0.2) is 49.4 Å². The van der Waals surface area contributed by atoms with Gasteiger partial charge < -0.3 is 4.90 Å². The van der Waals surface area contributed by atoms with Crippen LogP contribution in [0.3, 0.4) is 0 Å². The molecule has 2 rings (SSSR count). The topological polar surface area (TPSA) is 57.7 Å². The Morgan fingerprint density at radius 1 is 1.27 bits per heavy atom. The van der Waals surface area contributed by atoms with Gasteiger partial charge in [0.2, 0.25) is 15.9 Å². The third-order valence-corrected chi connectivity index (χ3v) is 5.43. The molecule has 122 valence electrons. The van der Waals surface area contributed by atoms with Crippen molar-refractivity contribution >= 4 is 15.9 Å². The molecule has 1 fully saturated rings. The zero-order valence-electron chi connectivity index (χ0n) is 13.4. The van der Waals surface area contributed by atoms with Crippen LogP contribution < -0.4 is 0 Å². The van der Waals surface area contributed by atoms with Gasteiger partial charge in [-0.25, -0.2) is 8.42 Å². The van der Waals surface area contributed by atoms with E-state index in [1.54, 1.807) is 11.9 Å². The molecule has 0 radical (unpaired) electrons. The summed E-state index contributed by atoms with van der Waals surface area (Å²) < 4.78 is 24.8. The lowest BCUT2D eigenvalue weighted by Gasteiger charge is -2.26. The van der Waals surface area contributed by atoms with Gasteiger partial charge >= 0.3 is 0 Å². The molecule has 22 heavy (non-hydrogen) atoms. The Morgan fingerprint density at radius 2 is 1.86 bits per heavy atom. The lowest BCUT2D eigenvalue weighted by atomic mass is 10.1. The Morgan fingerprint density at radius 3 is 2.41 bits per heavy atom. The highest BCUT2D eigenvalue weighted by molar-refractivity contribution is 7.88. The number of nitrogens with zero attached hydrogens (tertiary/aromatic N) is 2. The molecular formula is C16H24N2O3S. The van der Waals surface area contributed by atoms with E-state index in [0.717, 1.165) is 18.4 Å². The van der Waals surface area contributed by atoms with Crippen LogP contribution in [0.1, 0.15) is 30.9 Å². The molecular weight excluding hydrogens is 300 g/mol. The van der Waals surface area contributed by atoms with E-state index in [1.165, 1.54) is 16.1 Å². The monoisotopic (exact) mass is 324 g/mol. The molecule has 1 aromatic rings. The molecule has 0 aliphatic carbocycles. The first kappa shape index (κ1) is 17.0. The molecule has 1 saturated heterocycles. The Bertz CT molecular complexity index is 625. The number of hydrogen-bond acceptors (Lipinski definition) is 3. The van der Waals surface area contributed by atoms with E-state index in [0.29, 0.717) is 19.5 Å². The number of likely N-dealkylation sites (N-methyl/N-ethyl adjacent to an activating group) is 1. The number of sulfonamides is 1. The summed E-state index contributed by atoms with van der Waals surface area (Å²) in [5.74, 6) is -0.123. The molecule has 1 heterocycles. The summed E-state index contributed by atoms with van der Waals surface area (Å²) in [6.07, 6.45) is 3.50. The molecule has 0 N–H and O–H groups in total. The van der Waals surface area contributed by atoms with Crippen molar-refractivity contribution < 1.29 is 13.2 Å². The van der Waals surface area contributed by atoms with Crippen molar-refractivity contribution in [2.75, 3.05) is 19.8 Å². The number of rotatable bonds is 5. The summed E-state index contributed by atoms with van der Waals surface area (Å²) in [7, 11) is -1.60. The third-order valence-electron chi connectivity index (χ3n) is 4.14. The Kier molecular flexibility index (Phi) is 5.24. The molecule has 1 aliphatic heterocycles. The van der Waals surface area contributed by atoms with Gasteiger partial charge in [-0.3, -0.25) is 4.79 Å². The minimum atomic E-state index is -3.33. The standard InChI is InChI=1S/C16H24N2O3S/c1-4-13-7-9-14(10-8-13)12-17(2)16(19)15-6-5-11-18(15)22(3,20)21/h7-10,15H,4-6,11-12H2,1-3H3. The molecule has 1 aromatic carbocycles. The fourth-order valence-electron chi connectivity index (χ4n) is 2.87. The summed E-state index contributed by atoms with van der Waals surface area (Å²) in [6.45, 7) is 3.04. The quantitative estimate of drug-likeness (QED) is 0.827. The van der Waals surface area contributed by atoms with Crippen LogP contribution >= 0.6 is 0 Å². The molecule has 0 saturated carbocycles. The number of amides is 1. The zero-order valence-corrected chi connectivity index (χ0v) is 14.3. The highest BCUT2D eigenvalue weighted by Gasteiger charge is 2.37. The molecule has 1 amide bonds. The van der Waals surface area contributed by atoms with E-state index in [2.05, 4.69) is 19.1 Å². The number of carbonyl (C=O) groups excluding carboxylic acids is 1. The molecule has 0 bridgehead atoms. The fourth-order valence-corrected chi connectivity index (χ4v) is 3.99. The Hall–Kier alpha value is -1.40. The van der Waals surface area contributed by atoms with Gasteiger partial charge in [-0.2, -0.15) is 4.31 Å². The van der Waals surface area contributed by atoms with E-state index in [-0.39, 0.29) is 5.91 Å². The van der Waals surface area contributed by atoms with Crippen molar-refractivity contribution in [1.29, 1.82) is 0 Å². The SMILES string of the molecule is CCc1ccc(CN(C)C(=O)C2CCCN2S(C)(=O)=O)cc1. The predicted octanol–water partition coefficient (Wildman–Crippen LogP) is 1.63. The van der Waals surface area contributed by atoms with Gasteiger partial charge in [0, 0.05) is 20.1 Å². The van der Waals surface area contributed by atoms with Gasteiger partial charge in [0.05, 0.1) is 6.26 Å². The van der Waals surface area contributed by atoms with Crippen LogP contribution in [0.5, 0.6) is 0 Å². The zero-order chi connectivity index (χ0) is 16.3. The van der Waals surface area contributed by atoms with Gasteiger partial charge in [0.25, 0.3) is 0 Å². The average molecular weight is 324 g/mol. The van der Waals surface area contributed by atoms with E-state index in [4.69, 9.17) is 0 Å². The van der Waals surface area contributed by atoms with Crippen molar-refractivity contribution in [3.63, 3.8) is 0 Å². The van der Waals surface area contributed by atoms with E-state index < -0.39 is 16.1 Å². The molecule has 6 heteroatoms. The van der Waals surface area contributed by atoms with Crippen LogP contribution in [0, 0.1) is 0 Å². The summed E-state index contributed by atoms with van der Waals surface area (Å²) in [6, 6.07) is 7.62. The Balaban J connectivity index is 2.05. The van der Waals surface area contributed by atoms with Crippen LogP contribution in [-0.2, 0) is 27.8 Å². The first-order valence-electron chi connectivity index (χ1n) is 7.62. The van der Waals surface area contributed by atoms with Crippen LogP contribution in [0.4, 0.5) is 0 Å². The lowest BCUT2D eigenvalue weighted by Crippen LogP contribution is -2.45. The Labute approximate surface area is 133 Å². The number of benzene rings is 1. The maximum Gasteiger partial charge on any atom is 0.241 e. The van der Waals surface area contributed by atoms with Crippen molar-refractivity contribution in [1.82, 2.24) is 9.21 Å². The van der Waals surface area contributed by atoms with Crippen molar-refractivity contribution in [2.24, 2.45) is 0 Å². The van der Waals surface area contributed by atoms with Crippen molar-refractivity contribution in [2.45, 2.75) is 38.8 Å². The second-order valence-corrected chi connectivity index (χ2v) is 7.83. The van der Waals surface area contributed by atoms with E-state index >= 15 is 0 Å². The molecule has 0 aromatic heterocycles. The highest BCUT2D eigenvalue weighted by Crippen LogP contribution is 2.22. The van der Waals surface area contributed by atoms with Crippen molar-refractivity contribution in [3.8, 4) is 0 Å². The lowest BCUT2D eigenvalue weighted by molar-refractivity contribution is -0.133. The van der Waals surface area contributed by atoms with E-state index in [1.807, 2.05) is 12.1 Å². The number of hydrogen-bond donors (Lipinski definition) is 0. The minimum absolute atomic E-state index is 0.123. The fraction of sp³-hybridized carbons (Fsp3) is 0.562. The first-order chi connectivity index (χ1) is 10.3. The van der Waals surface area contributed by atoms with Gasteiger partial charge in [0.15, 0.2) is 0 Å². The largest absolute Gasteiger partial charge is 0.340 e. The summed E-state index contributed by atoms with van der Waals surface area (Å²) in [5, 5.41) is 0. The summed E-state index contributed by atoms with van der Waals surface area (Å²) in [4.78, 5) is 14.2. The smallest absolute Gasteiger partial charge is 0.241 e. The van der Waals surface area contributed by atoms with Gasteiger partial charge in [-0.1, -0.05) is 31.2 Å². The second kappa shape index (κ2) is 6.79. The van der Waals surface area contributed by atoms with Crippen LogP contribution in [0.2, 0.25) is 0 Å². The molecule has 1 atom stereocenters. The highest BCUT2D eigenvalue weighted by atomic mass is 32.2. The summed E-state index contributed by atoms with van der Waals surface area (Å²) in [5.41, 5.74) is 2.31. The number of carbonyl (C=O) groups is 1. The second-order valence-electron chi connectivity index (χ2n) is 5.90. The average Bonchev–Trinajstić information content (AvgIpc) is 2.96. The summed E-state index contributed by atoms with van der Waals surface area (Å²) >= 11 is 0. The molecule has 1 aliphatic rings. The maximum absolute atomic E-state index is 12.5. The maximum atomic E-state index is 12.5. The minimum Gasteiger partial charge on any atom is -0.340 e. The van der Waals surface area contributed by atoms with Gasteiger partial charge in [0.1, 0.15) is 6.04 Å². The van der Waals surface area contributed by atoms with Crippen LogP contribution in [0.15, 0.2) is 24.3 Å². The van der Waals surface area contributed by atoms with Crippen molar-refractivity contribution in [3.05, 3.63) is 35.4 Å². The molecule has 1 unspecified atom stereocenters. The van der Waals surface area contributed by atoms with Gasteiger partial charge in [-0.15, -0.1) is 0 Å². The number of aryl methyl sites for hydroxylation is 1.